The summed E-state index contributed by atoms with van der Waals surface area (Å²) in [5.74, 6) is -0.407. The molecule has 0 spiro atoms. The van der Waals surface area contributed by atoms with Gasteiger partial charge in [-0.05, 0) is 17.0 Å². The van der Waals surface area contributed by atoms with E-state index in [1.165, 1.54) is 22.2 Å². The van der Waals surface area contributed by atoms with Gasteiger partial charge in [-0.2, -0.15) is 0 Å². The molecule has 0 bridgehead atoms. The summed E-state index contributed by atoms with van der Waals surface area (Å²) in [6.45, 7) is 0.137. The topological polar surface area (TPSA) is 73.2 Å². The third-order valence-corrected chi connectivity index (χ3v) is 3.91. The number of carbonyl (C=O) groups is 1. The molecule has 7 heteroatoms. The highest BCUT2D eigenvalue weighted by Crippen LogP contribution is 2.12. The normalized spacial score (nSPS) is 10.7. The molecule has 0 fully saturated rings. The Hall–Kier alpha value is -2.51. The van der Waals surface area contributed by atoms with Crippen LogP contribution < -0.4 is 11.0 Å². The van der Waals surface area contributed by atoms with E-state index in [1.807, 2.05) is 30.3 Å². The van der Waals surface area contributed by atoms with Gasteiger partial charge in [0.25, 0.3) is 11.5 Å². The summed E-state index contributed by atoms with van der Waals surface area (Å²) >= 11 is 1.31. The number of rotatable bonds is 5. The highest BCUT2D eigenvalue weighted by Gasteiger charge is 2.09. The van der Waals surface area contributed by atoms with E-state index in [0.29, 0.717) is 10.2 Å². The van der Waals surface area contributed by atoms with Crippen molar-refractivity contribution in [3.8, 4) is 0 Å². The van der Waals surface area contributed by atoms with Crippen LogP contribution in [0.1, 0.15) is 5.56 Å². The van der Waals surface area contributed by atoms with Gasteiger partial charge in [-0.1, -0.05) is 30.3 Å². The van der Waals surface area contributed by atoms with Crippen LogP contribution in [0.25, 0.3) is 10.2 Å². The summed E-state index contributed by atoms with van der Waals surface area (Å²) in [6.07, 6.45) is 1.37. The van der Waals surface area contributed by atoms with Crippen LogP contribution in [0.3, 0.4) is 0 Å². The van der Waals surface area contributed by atoms with Gasteiger partial charge in [-0.25, -0.2) is 10.5 Å². The average molecular weight is 315 g/mol. The van der Waals surface area contributed by atoms with Gasteiger partial charge in [0, 0.05) is 0 Å². The first kappa shape index (κ1) is 14.4. The van der Waals surface area contributed by atoms with E-state index in [1.54, 1.807) is 11.4 Å². The maximum absolute atomic E-state index is 12.1. The Labute approximate surface area is 129 Å². The minimum absolute atomic E-state index is 0.130. The number of hydrogen-bond donors (Lipinski definition) is 1. The second-order valence-corrected chi connectivity index (χ2v) is 5.53. The molecule has 0 saturated carbocycles. The summed E-state index contributed by atoms with van der Waals surface area (Å²) in [5.41, 5.74) is 3.69. The van der Waals surface area contributed by atoms with Gasteiger partial charge in [-0.15, -0.1) is 11.3 Å². The number of nitrogens with one attached hydrogen (secondary N) is 1. The van der Waals surface area contributed by atoms with Crippen LogP contribution in [0.2, 0.25) is 0 Å². The van der Waals surface area contributed by atoms with Gasteiger partial charge in [0.05, 0.1) is 18.5 Å². The highest BCUT2D eigenvalue weighted by molar-refractivity contribution is 7.17. The van der Waals surface area contributed by atoms with Crippen molar-refractivity contribution in [1.29, 1.82) is 0 Å². The van der Waals surface area contributed by atoms with E-state index in [0.717, 1.165) is 5.56 Å². The molecule has 22 heavy (non-hydrogen) atoms. The zero-order valence-electron chi connectivity index (χ0n) is 11.6. The average Bonchev–Trinajstić information content (AvgIpc) is 3.01. The molecule has 112 valence electrons. The minimum atomic E-state index is -0.407. The summed E-state index contributed by atoms with van der Waals surface area (Å²) in [6, 6.07) is 11.2. The Morgan fingerprint density at radius 1 is 1.27 bits per heavy atom. The summed E-state index contributed by atoms with van der Waals surface area (Å²) < 4.78 is 1.81. The van der Waals surface area contributed by atoms with Crippen LogP contribution in [0.4, 0.5) is 0 Å². The van der Waals surface area contributed by atoms with E-state index in [2.05, 4.69) is 10.5 Å². The standard InChI is InChI=1S/C15H13N3O3S/c19-13(17-21-9-11-4-2-1-3-5-11)8-18-10-16-12-6-7-22-14(12)15(18)20/h1-7,10H,8-9H2,(H,17,19). The highest BCUT2D eigenvalue weighted by atomic mass is 32.1. The first-order chi connectivity index (χ1) is 10.7. The van der Waals surface area contributed by atoms with Crippen molar-refractivity contribution in [3.63, 3.8) is 0 Å². The van der Waals surface area contributed by atoms with Crippen LogP contribution in [-0.2, 0) is 22.8 Å². The summed E-state index contributed by atoms with van der Waals surface area (Å²) in [5, 5.41) is 1.80. The maximum atomic E-state index is 12.1. The number of hydroxylamine groups is 1. The van der Waals surface area contributed by atoms with E-state index >= 15 is 0 Å². The number of hydrogen-bond acceptors (Lipinski definition) is 5. The fraction of sp³-hybridized carbons (Fsp3) is 0.133. The molecule has 1 N–H and O–H groups in total. The number of benzene rings is 1. The van der Waals surface area contributed by atoms with Gasteiger partial charge < -0.3 is 0 Å². The second-order valence-electron chi connectivity index (χ2n) is 4.61. The van der Waals surface area contributed by atoms with Crippen molar-refractivity contribution in [2.45, 2.75) is 13.2 Å². The van der Waals surface area contributed by atoms with Crippen LogP contribution in [0.15, 0.2) is 52.9 Å². The summed E-state index contributed by atoms with van der Waals surface area (Å²) in [7, 11) is 0. The van der Waals surface area contributed by atoms with Crippen LogP contribution in [0.5, 0.6) is 0 Å². The zero-order chi connectivity index (χ0) is 15.4. The van der Waals surface area contributed by atoms with E-state index in [9.17, 15) is 9.59 Å². The SMILES string of the molecule is O=C(Cn1cnc2ccsc2c1=O)NOCc1ccccc1. The van der Waals surface area contributed by atoms with E-state index in [4.69, 9.17) is 4.84 Å². The van der Waals surface area contributed by atoms with Crippen LogP contribution in [-0.4, -0.2) is 15.5 Å². The quantitative estimate of drug-likeness (QED) is 0.727. The van der Waals surface area contributed by atoms with Crippen molar-refractivity contribution in [1.82, 2.24) is 15.0 Å². The molecule has 0 radical (unpaired) electrons. The fourth-order valence-corrected chi connectivity index (χ4v) is 2.75. The molecule has 1 aromatic carbocycles. The van der Waals surface area contributed by atoms with Gasteiger partial charge >= 0.3 is 0 Å². The van der Waals surface area contributed by atoms with Crippen molar-refractivity contribution < 1.29 is 9.63 Å². The Morgan fingerprint density at radius 3 is 2.91 bits per heavy atom. The molecular weight excluding hydrogens is 302 g/mol. The van der Waals surface area contributed by atoms with Gasteiger partial charge in [-0.3, -0.25) is 19.0 Å². The molecule has 2 aromatic heterocycles. The Morgan fingerprint density at radius 2 is 2.09 bits per heavy atom. The molecule has 0 unspecified atom stereocenters. The number of aromatic nitrogens is 2. The molecule has 0 aliphatic rings. The van der Waals surface area contributed by atoms with Crippen molar-refractivity contribution in [3.05, 3.63) is 64.0 Å². The predicted molar refractivity (Wildman–Crippen MR) is 83.3 cm³/mol. The molecule has 0 aliphatic heterocycles. The second kappa shape index (κ2) is 6.50. The molecule has 0 aliphatic carbocycles. The lowest BCUT2D eigenvalue weighted by atomic mass is 10.2. The third-order valence-electron chi connectivity index (χ3n) is 3.02. The number of nitrogens with zero attached hydrogens (tertiary/aromatic N) is 2. The maximum Gasteiger partial charge on any atom is 0.271 e. The van der Waals surface area contributed by atoms with Gasteiger partial charge in [0.1, 0.15) is 11.2 Å². The Bertz CT molecular complexity index is 842. The van der Waals surface area contributed by atoms with Crippen molar-refractivity contribution >= 4 is 27.5 Å². The molecule has 3 aromatic rings. The first-order valence-electron chi connectivity index (χ1n) is 6.61. The lowest BCUT2D eigenvalue weighted by Crippen LogP contribution is -2.32. The van der Waals surface area contributed by atoms with E-state index in [-0.39, 0.29) is 18.7 Å². The number of thiophene rings is 1. The monoisotopic (exact) mass is 315 g/mol. The lowest BCUT2D eigenvalue weighted by molar-refractivity contribution is -0.135. The smallest absolute Gasteiger partial charge is 0.271 e. The molecule has 3 rings (SSSR count). The number of carbonyl (C=O) groups excluding carboxylic acids is 1. The zero-order valence-corrected chi connectivity index (χ0v) is 12.4. The molecular formula is C15H13N3O3S. The molecule has 0 atom stereocenters. The molecule has 6 nitrogen and oxygen atoms in total. The van der Waals surface area contributed by atoms with Crippen molar-refractivity contribution in [2.24, 2.45) is 0 Å². The fourth-order valence-electron chi connectivity index (χ4n) is 1.95. The van der Waals surface area contributed by atoms with Gasteiger partial charge in [0.2, 0.25) is 0 Å². The molecule has 0 saturated heterocycles. The van der Waals surface area contributed by atoms with Gasteiger partial charge in [0.15, 0.2) is 0 Å². The predicted octanol–water partition coefficient (Wildman–Crippen LogP) is 1.71. The molecule has 1 amide bonds. The third kappa shape index (κ3) is 3.21. The Kier molecular flexibility index (Phi) is 4.27. The Balaban J connectivity index is 1.59. The van der Waals surface area contributed by atoms with Crippen LogP contribution in [0, 0.1) is 0 Å². The minimum Gasteiger partial charge on any atom is -0.288 e. The number of amides is 1. The molecule has 2 heterocycles. The van der Waals surface area contributed by atoms with Crippen LogP contribution >= 0.6 is 11.3 Å². The lowest BCUT2D eigenvalue weighted by Gasteiger charge is -2.07. The van der Waals surface area contributed by atoms with E-state index < -0.39 is 5.91 Å². The van der Waals surface area contributed by atoms with Crippen molar-refractivity contribution in [2.75, 3.05) is 0 Å². The largest absolute Gasteiger partial charge is 0.288 e. The summed E-state index contributed by atoms with van der Waals surface area (Å²) in [4.78, 5) is 33.2. The first-order valence-corrected chi connectivity index (χ1v) is 7.49. The number of fused-ring (bicyclic) bond motifs is 1.